The molecule has 2 fully saturated rings. The molecule has 4 rings (SSSR count). The van der Waals surface area contributed by atoms with Crippen LogP contribution < -0.4 is 16.1 Å². The van der Waals surface area contributed by atoms with Crippen molar-refractivity contribution >= 4 is 17.1 Å². The normalized spacial score (nSPS) is 20.2. The molecular weight excluding hydrogens is 262 g/mol. The fourth-order valence-corrected chi connectivity index (χ4v) is 2.95. The Kier molecular flexibility index (Phi) is 2.06. The van der Waals surface area contributed by atoms with Crippen molar-refractivity contribution in [1.82, 2.24) is 19.1 Å². The number of fused-ring (bicyclic) bond motifs is 1. The molecule has 20 heavy (non-hydrogen) atoms. The van der Waals surface area contributed by atoms with E-state index in [4.69, 9.17) is 4.74 Å². The molecule has 2 aliphatic heterocycles. The van der Waals surface area contributed by atoms with Gasteiger partial charge in [-0.15, -0.1) is 0 Å². The number of hydrogen-bond donors (Lipinski definition) is 1. The Labute approximate surface area is 113 Å². The first-order chi connectivity index (χ1) is 9.51. The van der Waals surface area contributed by atoms with Crippen molar-refractivity contribution in [3.05, 3.63) is 20.8 Å². The zero-order valence-corrected chi connectivity index (χ0v) is 11.3. The van der Waals surface area contributed by atoms with Crippen molar-refractivity contribution in [2.75, 3.05) is 31.2 Å². The van der Waals surface area contributed by atoms with Crippen molar-refractivity contribution in [3.63, 3.8) is 0 Å². The van der Waals surface area contributed by atoms with Crippen molar-refractivity contribution in [2.45, 2.75) is 0 Å². The summed E-state index contributed by atoms with van der Waals surface area (Å²) in [6.07, 6.45) is 0. The quantitative estimate of drug-likeness (QED) is 0.707. The molecule has 8 heteroatoms. The number of ether oxygens (including phenoxy) is 1. The molecule has 0 unspecified atom stereocenters. The second-order valence-corrected chi connectivity index (χ2v) is 5.81. The maximum Gasteiger partial charge on any atom is 0.332 e. The summed E-state index contributed by atoms with van der Waals surface area (Å²) in [4.78, 5) is 33.5. The lowest BCUT2D eigenvalue weighted by atomic mass is 9.78. The van der Waals surface area contributed by atoms with Gasteiger partial charge in [0.1, 0.15) is 0 Å². The predicted molar refractivity (Wildman–Crippen MR) is 72.0 cm³/mol. The Bertz CT molecular complexity index is 818. The monoisotopic (exact) mass is 277 g/mol. The molecule has 0 bridgehead atoms. The first-order valence-corrected chi connectivity index (χ1v) is 6.49. The predicted octanol–water partition coefficient (Wildman–Crippen LogP) is -1.20. The molecule has 2 aliphatic rings. The molecule has 2 aromatic heterocycles. The van der Waals surface area contributed by atoms with Crippen LogP contribution >= 0.6 is 0 Å². The minimum Gasteiger partial charge on any atom is -0.380 e. The van der Waals surface area contributed by atoms with Crippen LogP contribution in [0.3, 0.4) is 0 Å². The number of rotatable bonds is 1. The van der Waals surface area contributed by atoms with Gasteiger partial charge in [-0.1, -0.05) is 0 Å². The van der Waals surface area contributed by atoms with Crippen LogP contribution in [-0.2, 0) is 18.8 Å². The number of anilines is 1. The molecule has 0 aliphatic carbocycles. The van der Waals surface area contributed by atoms with Gasteiger partial charge in [-0.2, -0.15) is 4.98 Å². The van der Waals surface area contributed by atoms with E-state index in [1.54, 1.807) is 7.05 Å². The Morgan fingerprint density at radius 3 is 2.50 bits per heavy atom. The number of imidazole rings is 1. The zero-order chi connectivity index (χ0) is 14.1. The van der Waals surface area contributed by atoms with Crippen LogP contribution in [0.25, 0.3) is 11.2 Å². The van der Waals surface area contributed by atoms with Crippen LogP contribution in [0.1, 0.15) is 0 Å². The number of aromatic amines is 1. The van der Waals surface area contributed by atoms with Crippen LogP contribution in [0.2, 0.25) is 0 Å². The van der Waals surface area contributed by atoms with E-state index in [2.05, 4.69) is 14.9 Å². The smallest absolute Gasteiger partial charge is 0.332 e. The van der Waals surface area contributed by atoms with Crippen LogP contribution in [0.15, 0.2) is 9.59 Å². The third-order valence-corrected chi connectivity index (χ3v) is 4.25. The molecule has 0 saturated carbocycles. The van der Waals surface area contributed by atoms with E-state index in [-0.39, 0.29) is 16.7 Å². The SMILES string of the molecule is Cn1c(=O)c2[nH]c(N3CC4(COC4)C3)nc2n(C)c1=O. The molecule has 2 aromatic rings. The van der Waals surface area contributed by atoms with Gasteiger partial charge in [-0.05, 0) is 0 Å². The molecule has 1 spiro atoms. The standard InChI is InChI=1S/C12H15N5O3/c1-15-8-7(9(18)16(2)11(15)19)13-10(14-8)17-3-12(4-17)5-20-6-12/h3-6H2,1-2H3,(H,13,14). The maximum atomic E-state index is 12.1. The number of nitrogens with zero attached hydrogens (tertiary/aromatic N) is 4. The molecule has 8 nitrogen and oxygen atoms in total. The first-order valence-electron chi connectivity index (χ1n) is 6.49. The highest BCUT2D eigenvalue weighted by Crippen LogP contribution is 2.39. The number of aromatic nitrogens is 4. The molecule has 106 valence electrons. The van der Waals surface area contributed by atoms with Crippen molar-refractivity contribution in [3.8, 4) is 0 Å². The van der Waals surface area contributed by atoms with E-state index in [1.807, 2.05) is 0 Å². The van der Waals surface area contributed by atoms with Gasteiger partial charge in [0.15, 0.2) is 11.2 Å². The Morgan fingerprint density at radius 2 is 1.90 bits per heavy atom. The lowest BCUT2D eigenvalue weighted by Gasteiger charge is -2.54. The van der Waals surface area contributed by atoms with Gasteiger partial charge in [0.05, 0.1) is 18.6 Å². The third-order valence-electron chi connectivity index (χ3n) is 4.25. The largest absolute Gasteiger partial charge is 0.380 e. The minimum absolute atomic E-state index is 0.274. The van der Waals surface area contributed by atoms with Gasteiger partial charge >= 0.3 is 5.69 Å². The van der Waals surface area contributed by atoms with Crippen LogP contribution in [0, 0.1) is 5.41 Å². The molecule has 1 N–H and O–H groups in total. The highest BCUT2D eigenvalue weighted by molar-refractivity contribution is 5.73. The van der Waals surface area contributed by atoms with Gasteiger partial charge in [-0.3, -0.25) is 13.9 Å². The Balaban J connectivity index is 1.80. The maximum absolute atomic E-state index is 12.1. The van der Waals surface area contributed by atoms with E-state index in [9.17, 15) is 9.59 Å². The fraction of sp³-hybridized carbons (Fsp3) is 0.583. The summed E-state index contributed by atoms with van der Waals surface area (Å²) in [5.74, 6) is 0.649. The lowest BCUT2D eigenvalue weighted by Crippen LogP contribution is -2.66. The fourth-order valence-electron chi connectivity index (χ4n) is 2.95. The van der Waals surface area contributed by atoms with Crippen molar-refractivity contribution < 1.29 is 4.74 Å². The molecule has 4 heterocycles. The summed E-state index contributed by atoms with van der Waals surface area (Å²) in [6.45, 7) is 3.34. The van der Waals surface area contributed by atoms with Crippen LogP contribution in [-0.4, -0.2) is 45.4 Å². The molecule has 0 amide bonds. The Hall–Kier alpha value is -2.09. The molecule has 0 radical (unpaired) electrons. The molecule has 0 aromatic carbocycles. The van der Waals surface area contributed by atoms with Gasteiger partial charge in [0, 0.05) is 27.2 Å². The molecule has 2 saturated heterocycles. The van der Waals surface area contributed by atoms with Crippen molar-refractivity contribution in [1.29, 1.82) is 0 Å². The summed E-state index contributed by atoms with van der Waals surface area (Å²) >= 11 is 0. The second kappa shape index (κ2) is 3.51. The van der Waals surface area contributed by atoms with Gasteiger partial charge < -0.3 is 14.6 Å². The summed E-state index contributed by atoms with van der Waals surface area (Å²) in [5.41, 5.74) is 0.335. The summed E-state index contributed by atoms with van der Waals surface area (Å²) in [5, 5.41) is 0. The molecule has 0 atom stereocenters. The van der Waals surface area contributed by atoms with Gasteiger partial charge in [-0.25, -0.2) is 4.79 Å². The Morgan fingerprint density at radius 1 is 1.20 bits per heavy atom. The summed E-state index contributed by atoms with van der Waals surface area (Å²) in [6, 6.07) is 0. The number of hydrogen-bond acceptors (Lipinski definition) is 5. The van der Waals surface area contributed by atoms with Gasteiger partial charge in [0.25, 0.3) is 5.56 Å². The van der Waals surface area contributed by atoms with E-state index in [0.717, 1.165) is 30.9 Å². The molecular formula is C12H15N5O3. The van der Waals surface area contributed by atoms with Gasteiger partial charge in [0.2, 0.25) is 5.95 Å². The average Bonchev–Trinajstić information content (AvgIpc) is 2.75. The summed E-state index contributed by atoms with van der Waals surface area (Å²) < 4.78 is 7.71. The van der Waals surface area contributed by atoms with Crippen molar-refractivity contribution in [2.24, 2.45) is 19.5 Å². The number of H-pyrrole nitrogens is 1. The van der Waals surface area contributed by atoms with Crippen LogP contribution in [0.5, 0.6) is 0 Å². The summed E-state index contributed by atoms with van der Waals surface area (Å²) in [7, 11) is 3.08. The van der Waals surface area contributed by atoms with E-state index >= 15 is 0 Å². The number of nitrogens with one attached hydrogen (secondary N) is 1. The first kappa shape index (κ1) is 11.7. The van der Waals surface area contributed by atoms with E-state index in [1.165, 1.54) is 11.6 Å². The number of aryl methyl sites for hydroxylation is 1. The topological polar surface area (TPSA) is 85.2 Å². The van der Waals surface area contributed by atoms with E-state index in [0.29, 0.717) is 17.1 Å². The third kappa shape index (κ3) is 1.31. The second-order valence-electron chi connectivity index (χ2n) is 5.81. The zero-order valence-electron chi connectivity index (χ0n) is 11.3. The highest BCUT2D eigenvalue weighted by Gasteiger charge is 2.49. The van der Waals surface area contributed by atoms with E-state index < -0.39 is 0 Å². The average molecular weight is 277 g/mol. The highest BCUT2D eigenvalue weighted by atomic mass is 16.5. The lowest BCUT2D eigenvalue weighted by molar-refractivity contribution is -0.127. The minimum atomic E-state index is -0.368. The van der Waals surface area contributed by atoms with Crippen LogP contribution in [0.4, 0.5) is 5.95 Å².